The topological polar surface area (TPSA) is 45.8 Å². The Hall–Kier alpha value is -1.12. The standard InChI is InChI=1S/C8H11N2O/c11-5-3-1-2-4-8-6-9-7-10-8/h6-7H,1-4H2,(H,9,10). The van der Waals surface area contributed by atoms with Crippen LogP contribution in [0.3, 0.4) is 0 Å². The van der Waals surface area contributed by atoms with E-state index >= 15 is 0 Å². The lowest BCUT2D eigenvalue weighted by Crippen LogP contribution is -1.85. The molecule has 59 valence electrons. The first-order valence-electron chi connectivity index (χ1n) is 3.76. The van der Waals surface area contributed by atoms with Crippen molar-refractivity contribution in [1.29, 1.82) is 0 Å². The van der Waals surface area contributed by atoms with Crippen LogP contribution >= 0.6 is 0 Å². The summed E-state index contributed by atoms with van der Waals surface area (Å²) in [4.78, 5) is 16.8. The van der Waals surface area contributed by atoms with Crippen molar-refractivity contribution in [3.05, 3.63) is 18.2 Å². The van der Waals surface area contributed by atoms with Crippen LogP contribution in [0.15, 0.2) is 12.5 Å². The molecule has 1 aromatic heterocycles. The Labute approximate surface area is 65.8 Å². The second kappa shape index (κ2) is 4.66. The van der Waals surface area contributed by atoms with Gasteiger partial charge in [-0.3, -0.25) is 4.79 Å². The molecule has 11 heavy (non-hydrogen) atoms. The van der Waals surface area contributed by atoms with E-state index in [4.69, 9.17) is 0 Å². The fourth-order valence-corrected chi connectivity index (χ4v) is 0.931. The first-order valence-corrected chi connectivity index (χ1v) is 3.76. The van der Waals surface area contributed by atoms with E-state index in [9.17, 15) is 4.79 Å². The molecule has 0 unspecified atom stereocenters. The van der Waals surface area contributed by atoms with E-state index in [-0.39, 0.29) is 0 Å². The van der Waals surface area contributed by atoms with E-state index in [1.54, 1.807) is 6.33 Å². The quantitative estimate of drug-likeness (QED) is 0.643. The van der Waals surface area contributed by atoms with Gasteiger partial charge in [0.15, 0.2) is 6.29 Å². The molecule has 0 spiro atoms. The zero-order chi connectivity index (χ0) is 7.94. The van der Waals surface area contributed by atoms with Gasteiger partial charge < -0.3 is 4.98 Å². The molecule has 1 N–H and O–H groups in total. The number of aromatic amines is 1. The SMILES string of the molecule is O=[C]CCCCc1c[nH]cn1. The van der Waals surface area contributed by atoms with Gasteiger partial charge in [-0.2, -0.15) is 0 Å². The van der Waals surface area contributed by atoms with Crippen LogP contribution in [0.5, 0.6) is 0 Å². The molecule has 0 saturated carbocycles. The van der Waals surface area contributed by atoms with Gasteiger partial charge in [0.2, 0.25) is 0 Å². The average Bonchev–Trinajstić information content (AvgIpc) is 2.50. The van der Waals surface area contributed by atoms with Crippen LogP contribution in [-0.2, 0) is 11.2 Å². The predicted molar refractivity (Wildman–Crippen MR) is 41.8 cm³/mol. The molecule has 3 nitrogen and oxygen atoms in total. The van der Waals surface area contributed by atoms with Gasteiger partial charge >= 0.3 is 0 Å². The van der Waals surface area contributed by atoms with E-state index in [2.05, 4.69) is 9.97 Å². The minimum atomic E-state index is 0.546. The predicted octanol–water partition coefficient (Wildman–Crippen LogP) is 1.23. The molecular weight excluding hydrogens is 140 g/mol. The summed E-state index contributed by atoms with van der Waals surface area (Å²) >= 11 is 0. The number of carbonyl (C=O) groups excluding carboxylic acids is 1. The van der Waals surface area contributed by atoms with Crippen molar-refractivity contribution in [2.45, 2.75) is 25.7 Å². The van der Waals surface area contributed by atoms with Gasteiger partial charge in [-0.05, 0) is 19.3 Å². The Morgan fingerprint density at radius 3 is 3.09 bits per heavy atom. The monoisotopic (exact) mass is 151 g/mol. The first kappa shape index (κ1) is 7.98. The summed E-state index contributed by atoms with van der Waals surface area (Å²) < 4.78 is 0. The summed E-state index contributed by atoms with van der Waals surface area (Å²) in [5, 5.41) is 0. The zero-order valence-electron chi connectivity index (χ0n) is 6.34. The molecule has 0 atom stereocenters. The Bertz CT molecular complexity index is 194. The lowest BCUT2D eigenvalue weighted by atomic mass is 10.2. The molecule has 0 aromatic carbocycles. The lowest BCUT2D eigenvalue weighted by molar-refractivity contribution is 0.546. The molecule has 0 fully saturated rings. The number of H-pyrrole nitrogens is 1. The summed E-state index contributed by atoms with van der Waals surface area (Å²) in [5.74, 6) is 0. The van der Waals surface area contributed by atoms with Crippen LogP contribution in [0.2, 0.25) is 0 Å². The van der Waals surface area contributed by atoms with Crippen molar-refractivity contribution in [1.82, 2.24) is 9.97 Å². The van der Waals surface area contributed by atoms with Crippen molar-refractivity contribution in [2.75, 3.05) is 0 Å². The van der Waals surface area contributed by atoms with Crippen molar-refractivity contribution < 1.29 is 4.79 Å². The molecular formula is C8H11N2O. The molecule has 3 heteroatoms. The summed E-state index contributed by atoms with van der Waals surface area (Å²) in [7, 11) is 0. The fourth-order valence-electron chi connectivity index (χ4n) is 0.931. The molecule has 0 aliphatic carbocycles. The second-order valence-corrected chi connectivity index (χ2v) is 2.41. The van der Waals surface area contributed by atoms with Crippen LogP contribution in [-0.4, -0.2) is 16.3 Å². The van der Waals surface area contributed by atoms with Crippen LogP contribution in [0, 0.1) is 0 Å². The highest BCUT2D eigenvalue weighted by Gasteiger charge is 1.93. The Kier molecular flexibility index (Phi) is 3.38. The van der Waals surface area contributed by atoms with Crippen molar-refractivity contribution in [3.63, 3.8) is 0 Å². The average molecular weight is 151 g/mol. The van der Waals surface area contributed by atoms with E-state index in [0.29, 0.717) is 6.42 Å². The third-order valence-corrected chi connectivity index (χ3v) is 1.52. The van der Waals surface area contributed by atoms with Gasteiger partial charge in [-0.25, -0.2) is 4.98 Å². The maximum Gasteiger partial charge on any atom is 0.198 e. The zero-order valence-corrected chi connectivity index (χ0v) is 6.34. The second-order valence-electron chi connectivity index (χ2n) is 2.41. The molecule has 1 heterocycles. The maximum atomic E-state index is 9.82. The molecule has 0 aliphatic heterocycles. The smallest absolute Gasteiger partial charge is 0.198 e. The third kappa shape index (κ3) is 2.98. The number of imidazole rings is 1. The van der Waals surface area contributed by atoms with Gasteiger partial charge in [-0.15, -0.1) is 0 Å². The van der Waals surface area contributed by atoms with Crippen molar-refractivity contribution >= 4 is 6.29 Å². The summed E-state index contributed by atoms with van der Waals surface area (Å²) in [6.07, 6.45) is 8.84. The van der Waals surface area contributed by atoms with E-state index < -0.39 is 0 Å². The summed E-state index contributed by atoms with van der Waals surface area (Å²) in [6.45, 7) is 0. The number of nitrogens with zero attached hydrogens (tertiary/aromatic N) is 1. The van der Waals surface area contributed by atoms with Crippen LogP contribution in [0.4, 0.5) is 0 Å². The maximum absolute atomic E-state index is 9.82. The van der Waals surface area contributed by atoms with E-state index in [1.807, 2.05) is 12.5 Å². The molecule has 0 aliphatic rings. The number of hydrogen-bond donors (Lipinski definition) is 1. The fraction of sp³-hybridized carbons (Fsp3) is 0.500. The Morgan fingerprint density at radius 2 is 2.45 bits per heavy atom. The number of aromatic nitrogens is 2. The van der Waals surface area contributed by atoms with E-state index in [0.717, 1.165) is 25.0 Å². The van der Waals surface area contributed by atoms with Gasteiger partial charge in [0.1, 0.15) is 0 Å². The number of aryl methyl sites for hydroxylation is 1. The number of nitrogens with one attached hydrogen (secondary N) is 1. The van der Waals surface area contributed by atoms with Crippen LogP contribution in [0.1, 0.15) is 25.0 Å². The van der Waals surface area contributed by atoms with Crippen molar-refractivity contribution in [2.24, 2.45) is 0 Å². The van der Waals surface area contributed by atoms with Crippen LogP contribution < -0.4 is 0 Å². The van der Waals surface area contributed by atoms with Crippen molar-refractivity contribution in [3.8, 4) is 0 Å². The van der Waals surface area contributed by atoms with Crippen LogP contribution in [0.25, 0.3) is 0 Å². The largest absolute Gasteiger partial charge is 0.351 e. The van der Waals surface area contributed by atoms with E-state index in [1.165, 1.54) is 0 Å². The lowest BCUT2D eigenvalue weighted by Gasteiger charge is -1.92. The first-order chi connectivity index (χ1) is 5.43. The van der Waals surface area contributed by atoms with Gasteiger partial charge in [0.25, 0.3) is 0 Å². The minimum Gasteiger partial charge on any atom is -0.351 e. The third-order valence-electron chi connectivity index (χ3n) is 1.52. The number of rotatable bonds is 5. The highest BCUT2D eigenvalue weighted by molar-refractivity contribution is 5.50. The molecule has 1 aromatic rings. The normalized spacial score (nSPS) is 9.82. The van der Waals surface area contributed by atoms with Gasteiger partial charge in [0, 0.05) is 12.6 Å². The summed E-state index contributed by atoms with van der Waals surface area (Å²) in [6, 6.07) is 0. The molecule has 0 saturated heterocycles. The Morgan fingerprint density at radius 1 is 1.55 bits per heavy atom. The summed E-state index contributed by atoms with van der Waals surface area (Å²) in [5.41, 5.74) is 1.07. The molecule has 1 radical (unpaired) electrons. The molecule has 1 rings (SSSR count). The number of hydrogen-bond acceptors (Lipinski definition) is 2. The highest BCUT2D eigenvalue weighted by atomic mass is 16.1. The highest BCUT2D eigenvalue weighted by Crippen LogP contribution is 2.00. The Balaban J connectivity index is 2.09. The molecule has 0 bridgehead atoms. The minimum absolute atomic E-state index is 0.546. The van der Waals surface area contributed by atoms with Gasteiger partial charge in [0.05, 0.1) is 12.0 Å². The van der Waals surface area contributed by atoms with Gasteiger partial charge in [-0.1, -0.05) is 0 Å². The molecule has 0 amide bonds. The number of unbranched alkanes of at least 4 members (excludes halogenated alkanes) is 2.